The minimum atomic E-state index is -0.431. The van der Waals surface area contributed by atoms with Gasteiger partial charge in [0.2, 0.25) is 0 Å². The Morgan fingerprint density at radius 1 is 0.943 bits per heavy atom. The van der Waals surface area contributed by atoms with E-state index in [0.717, 1.165) is 45.0 Å². The molecule has 4 saturated carbocycles. The minimum Gasteiger partial charge on any atom is -0.389 e. The van der Waals surface area contributed by atoms with Crippen LogP contribution < -0.4 is 0 Å². The van der Waals surface area contributed by atoms with Gasteiger partial charge >= 0.3 is 0 Å². The van der Waals surface area contributed by atoms with Crippen LogP contribution in [0.2, 0.25) is 0 Å². The van der Waals surface area contributed by atoms with Crippen LogP contribution in [-0.2, 0) is 14.2 Å². The molecule has 6 rings (SSSR count). The lowest BCUT2D eigenvalue weighted by molar-refractivity contribution is -0.214. The van der Waals surface area contributed by atoms with Crippen molar-refractivity contribution in [1.29, 1.82) is 0 Å². The van der Waals surface area contributed by atoms with Crippen molar-refractivity contribution < 1.29 is 19.3 Å². The second kappa shape index (κ2) is 9.84. The normalized spacial score (nSPS) is 48.6. The predicted molar refractivity (Wildman–Crippen MR) is 137 cm³/mol. The molecule has 35 heavy (non-hydrogen) atoms. The number of nitrogens with zero attached hydrogens (tertiary/aromatic N) is 1. The van der Waals surface area contributed by atoms with Gasteiger partial charge in [-0.25, -0.2) is 0 Å². The first-order chi connectivity index (χ1) is 16.9. The van der Waals surface area contributed by atoms with E-state index in [1.807, 2.05) is 0 Å². The van der Waals surface area contributed by atoms with Gasteiger partial charge in [-0.3, -0.25) is 0 Å². The highest BCUT2D eigenvalue weighted by atomic mass is 16.7. The molecule has 0 aromatic heterocycles. The topological polar surface area (TPSA) is 51.2 Å². The molecule has 2 heterocycles. The van der Waals surface area contributed by atoms with E-state index in [9.17, 15) is 5.11 Å². The molecule has 2 aliphatic heterocycles. The molecule has 0 amide bonds. The molecule has 8 atom stereocenters. The molecule has 0 aromatic carbocycles. The van der Waals surface area contributed by atoms with Gasteiger partial charge in [0.25, 0.3) is 0 Å². The Kier molecular flexibility index (Phi) is 7.05. The van der Waals surface area contributed by atoms with Crippen LogP contribution in [0.1, 0.15) is 97.3 Å². The molecule has 0 spiro atoms. The summed E-state index contributed by atoms with van der Waals surface area (Å²) >= 11 is 0. The maximum absolute atomic E-state index is 12.1. The lowest BCUT2D eigenvalue weighted by Crippen LogP contribution is -2.62. The highest BCUT2D eigenvalue weighted by Gasteiger charge is 2.65. The van der Waals surface area contributed by atoms with Crippen molar-refractivity contribution in [1.82, 2.24) is 4.90 Å². The summed E-state index contributed by atoms with van der Waals surface area (Å²) in [5.74, 6) is 2.36. The Bertz CT molecular complexity index is 736. The molecule has 5 heteroatoms. The summed E-state index contributed by atoms with van der Waals surface area (Å²) in [7, 11) is 0. The maximum Gasteiger partial charge on any atom is 0.158 e. The van der Waals surface area contributed by atoms with Crippen LogP contribution in [0, 0.1) is 34.5 Å². The SMILES string of the molecule is C[C@]12CC(CC3OCCO3)[C@H](OCCCN3CCCC3)C[C@H]1CC[C@@H]1[C@@H]2CC[C@]2(C)CCC[C@]12O. The first-order valence-corrected chi connectivity index (χ1v) is 15.2. The van der Waals surface area contributed by atoms with Crippen LogP contribution in [-0.4, -0.2) is 67.5 Å². The van der Waals surface area contributed by atoms with E-state index in [0.29, 0.717) is 29.3 Å². The summed E-state index contributed by atoms with van der Waals surface area (Å²) < 4.78 is 18.6. The zero-order chi connectivity index (χ0) is 24.1. The number of hydrogen-bond acceptors (Lipinski definition) is 5. The fraction of sp³-hybridized carbons (Fsp3) is 1.00. The number of rotatable bonds is 7. The van der Waals surface area contributed by atoms with Gasteiger partial charge in [0.1, 0.15) is 0 Å². The quantitative estimate of drug-likeness (QED) is 0.486. The van der Waals surface area contributed by atoms with Crippen molar-refractivity contribution in [3.8, 4) is 0 Å². The van der Waals surface area contributed by atoms with Crippen molar-refractivity contribution in [2.75, 3.05) is 39.5 Å². The first-order valence-electron chi connectivity index (χ1n) is 15.2. The molecule has 1 unspecified atom stereocenters. The standard InChI is InChI=1S/C30H51NO4/c1-28-10-5-11-30(28,32)25-8-7-23-20-26(33-16-6-15-31-13-3-4-14-31)22(19-27-34-17-18-35-27)21-29(23,2)24(25)9-12-28/h22-27,32H,3-21H2,1-2H3/t22?,23-,24+,25-,26-,28+,29+,30+/m1/s1. The summed E-state index contributed by atoms with van der Waals surface area (Å²) in [4.78, 5) is 2.60. The van der Waals surface area contributed by atoms with E-state index < -0.39 is 5.60 Å². The second-order valence-electron chi connectivity index (χ2n) is 13.8. The van der Waals surface area contributed by atoms with Gasteiger partial charge in [-0.05, 0) is 125 Å². The zero-order valence-corrected chi connectivity index (χ0v) is 22.5. The smallest absolute Gasteiger partial charge is 0.158 e. The molecule has 0 radical (unpaired) electrons. The van der Waals surface area contributed by atoms with Gasteiger partial charge in [0, 0.05) is 19.6 Å². The van der Waals surface area contributed by atoms with Crippen LogP contribution in [0.5, 0.6) is 0 Å². The second-order valence-corrected chi connectivity index (χ2v) is 13.8. The van der Waals surface area contributed by atoms with Gasteiger partial charge in [-0.15, -0.1) is 0 Å². The van der Waals surface area contributed by atoms with Crippen LogP contribution in [0.3, 0.4) is 0 Å². The Morgan fingerprint density at radius 3 is 2.54 bits per heavy atom. The number of aliphatic hydroxyl groups is 1. The number of ether oxygens (including phenoxy) is 3. The summed E-state index contributed by atoms with van der Waals surface area (Å²) in [6.07, 6.45) is 16.0. The average Bonchev–Trinajstić information content (AvgIpc) is 3.59. The van der Waals surface area contributed by atoms with Crippen molar-refractivity contribution in [2.45, 2.75) is 115 Å². The lowest BCUT2D eigenvalue weighted by atomic mass is 9.43. The van der Waals surface area contributed by atoms with Crippen LogP contribution in [0.15, 0.2) is 0 Å². The highest BCUT2D eigenvalue weighted by molar-refractivity contribution is 5.15. The van der Waals surface area contributed by atoms with Gasteiger partial charge in [-0.1, -0.05) is 13.8 Å². The van der Waals surface area contributed by atoms with Crippen molar-refractivity contribution >= 4 is 0 Å². The first kappa shape index (κ1) is 25.1. The van der Waals surface area contributed by atoms with Crippen LogP contribution in [0.4, 0.5) is 0 Å². The van der Waals surface area contributed by atoms with E-state index >= 15 is 0 Å². The number of fused-ring (bicyclic) bond motifs is 5. The molecule has 6 aliphatic rings. The minimum absolute atomic E-state index is 0.0519. The monoisotopic (exact) mass is 489 g/mol. The molecule has 2 saturated heterocycles. The third-order valence-corrected chi connectivity index (χ3v) is 12.1. The van der Waals surface area contributed by atoms with Crippen molar-refractivity contribution in [3.63, 3.8) is 0 Å². The molecule has 5 nitrogen and oxygen atoms in total. The Hall–Kier alpha value is -0.200. The fourth-order valence-electron chi connectivity index (χ4n) is 10.1. The van der Waals surface area contributed by atoms with E-state index in [1.54, 1.807) is 0 Å². The van der Waals surface area contributed by atoms with E-state index in [4.69, 9.17) is 14.2 Å². The lowest BCUT2D eigenvalue weighted by Gasteiger charge is -2.64. The predicted octanol–water partition coefficient (Wildman–Crippen LogP) is 5.39. The summed E-state index contributed by atoms with van der Waals surface area (Å²) in [5, 5.41) is 12.1. The van der Waals surface area contributed by atoms with Gasteiger partial charge in [0.15, 0.2) is 6.29 Å². The summed E-state index contributed by atoms with van der Waals surface area (Å²) in [6.45, 7) is 11.1. The van der Waals surface area contributed by atoms with Crippen LogP contribution >= 0.6 is 0 Å². The third kappa shape index (κ3) is 4.43. The van der Waals surface area contributed by atoms with Crippen molar-refractivity contribution in [3.05, 3.63) is 0 Å². The Morgan fingerprint density at radius 2 is 1.74 bits per heavy atom. The molecule has 200 valence electrons. The molecule has 0 bridgehead atoms. The molecule has 6 fully saturated rings. The summed E-state index contributed by atoms with van der Waals surface area (Å²) in [5.41, 5.74) is 0.0270. The van der Waals surface area contributed by atoms with E-state index in [2.05, 4.69) is 18.7 Å². The highest BCUT2D eigenvalue weighted by Crippen LogP contribution is 2.68. The van der Waals surface area contributed by atoms with Crippen molar-refractivity contribution in [2.24, 2.45) is 34.5 Å². The largest absolute Gasteiger partial charge is 0.389 e. The summed E-state index contributed by atoms with van der Waals surface area (Å²) in [6, 6.07) is 0. The zero-order valence-electron chi connectivity index (χ0n) is 22.5. The van der Waals surface area contributed by atoms with Gasteiger partial charge in [0.05, 0.1) is 24.9 Å². The third-order valence-electron chi connectivity index (χ3n) is 12.1. The molecular formula is C30H51NO4. The van der Waals surface area contributed by atoms with Gasteiger partial charge in [-0.2, -0.15) is 0 Å². The number of hydrogen-bond donors (Lipinski definition) is 1. The molecule has 1 N–H and O–H groups in total. The Balaban J connectivity index is 1.16. The Labute approximate surface area is 213 Å². The average molecular weight is 490 g/mol. The van der Waals surface area contributed by atoms with Gasteiger partial charge < -0.3 is 24.2 Å². The maximum atomic E-state index is 12.1. The number of likely N-dealkylation sites (tertiary alicyclic amines) is 1. The van der Waals surface area contributed by atoms with Crippen LogP contribution in [0.25, 0.3) is 0 Å². The molecule has 0 aromatic rings. The fourth-order valence-corrected chi connectivity index (χ4v) is 10.1. The molecular weight excluding hydrogens is 438 g/mol. The van der Waals surface area contributed by atoms with E-state index in [1.165, 1.54) is 83.8 Å². The van der Waals surface area contributed by atoms with E-state index in [-0.39, 0.29) is 11.7 Å². The molecule has 4 aliphatic carbocycles.